The summed E-state index contributed by atoms with van der Waals surface area (Å²) in [7, 11) is 0. The fraction of sp³-hybridized carbons (Fsp3) is 0.118. The first-order chi connectivity index (χ1) is 10.1. The van der Waals surface area contributed by atoms with Crippen LogP contribution in [0.25, 0.3) is 22.2 Å². The van der Waals surface area contributed by atoms with E-state index >= 15 is 0 Å². The van der Waals surface area contributed by atoms with E-state index < -0.39 is 0 Å². The Morgan fingerprint density at radius 1 is 1.19 bits per heavy atom. The van der Waals surface area contributed by atoms with E-state index in [0.29, 0.717) is 0 Å². The van der Waals surface area contributed by atoms with E-state index in [4.69, 9.17) is 5.73 Å². The number of benzene rings is 1. The molecule has 1 aromatic carbocycles. The molecule has 0 saturated carbocycles. The minimum Gasteiger partial charge on any atom is -0.369 e. The molecule has 4 nitrogen and oxygen atoms in total. The summed E-state index contributed by atoms with van der Waals surface area (Å²) in [6.45, 7) is 1.97. The molecule has 21 heavy (non-hydrogen) atoms. The molecule has 0 aliphatic carbocycles. The molecule has 3 aromatic rings. The lowest BCUT2D eigenvalue weighted by atomic mass is 10.1. The summed E-state index contributed by atoms with van der Waals surface area (Å²) >= 11 is 0. The Balaban J connectivity index is 2.05. The number of nitrogens with zero attached hydrogens (tertiary/aromatic N) is 2. The van der Waals surface area contributed by atoms with Gasteiger partial charge in [0.05, 0.1) is 17.6 Å². The lowest BCUT2D eigenvalue weighted by Gasteiger charge is -2.06. The molecule has 4 heteroatoms. The highest BCUT2D eigenvalue weighted by Gasteiger charge is 2.06. The number of amides is 1. The Morgan fingerprint density at radius 2 is 2.05 bits per heavy atom. The van der Waals surface area contributed by atoms with Gasteiger partial charge >= 0.3 is 0 Å². The van der Waals surface area contributed by atoms with E-state index in [9.17, 15) is 4.79 Å². The van der Waals surface area contributed by atoms with Gasteiger partial charge in [-0.15, -0.1) is 0 Å². The summed E-state index contributed by atoms with van der Waals surface area (Å²) < 4.78 is 0. The van der Waals surface area contributed by atoms with Crippen molar-refractivity contribution in [1.29, 1.82) is 0 Å². The van der Waals surface area contributed by atoms with Gasteiger partial charge < -0.3 is 5.73 Å². The van der Waals surface area contributed by atoms with Crippen LogP contribution < -0.4 is 5.73 Å². The fourth-order valence-electron chi connectivity index (χ4n) is 2.39. The van der Waals surface area contributed by atoms with Crippen molar-refractivity contribution in [3.8, 4) is 11.3 Å². The molecule has 3 rings (SSSR count). The van der Waals surface area contributed by atoms with Gasteiger partial charge in [0.25, 0.3) is 0 Å². The average molecular weight is 277 g/mol. The molecule has 0 atom stereocenters. The number of carbonyl (C=O) groups is 1. The van der Waals surface area contributed by atoms with Gasteiger partial charge in [-0.25, -0.2) is 4.98 Å². The minimum atomic E-state index is -0.329. The Morgan fingerprint density at radius 3 is 2.81 bits per heavy atom. The van der Waals surface area contributed by atoms with Gasteiger partial charge in [0.15, 0.2) is 0 Å². The zero-order valence-corrected chi connectivity index (χ0v) is 11.7. The van der Waals surface area contributed by atoms with Crippen LogP contribution in [-0.4, -0.2) is 15.9 Å². The molecular weight excluding hydrogens is 262 g/mol. The lowest BCUT2D eigenvalue weighted by Crippen LogP contribution is -2.13. The number of aryl methyl sites for hydroxylation is 1. The summed E-state index contributed by atoms with van der Waals surface area (Å²) in [4.78, 5) is 19.9. The summed E-state index contributed by atoms with van der Waals surface area (Å²) in [6.07, 6.45) is 2.02. The molecule has 2 aromatic heterocycles. The SMILES string of the molecule is Cc1ncccc1-c1ccc2cc(CC(N)=O)ccc2n1. The molecule has 0 spiro atoms. The van der Waals surface area contributed by atoms with E-state index in [1.807, 2.05) is 49.4 Å². The Hall–Kier alpha value is -2.75. The van der Waals surface area contributed by atoms with Gasteiger partial charge in [-0.2, -0.15) is 0 Å². The molecule has 0 radical (unpaired) electrons. The van der Waals surface area contributed by atoms with E-state index in [-0.39, 0.29) is 12.3 Å². The Bertz CT molecular complexity index is 827. The topological polar surface area (TPSA) is 68.9 Å². The first-order valence-electron chi connectivity index (χ1n) is 6.73. The smallest absolute Gasteiger partial charge is 0.221 e. The van der Waals surface area contributed by atoms with Crippen molar-refractivity contribution < 1.29 is 4.79 Å². The van der Waals surface area contributed by atoms with Gasteiger partial charge in [0.2, 0.25) is 5.91 Å². The van der Waals surface area contributed by atoms with Crippen molar-refractivity contribution >= 4 is 16.8 Å². The molecule has 0 fully saturated rings. The number of nitrogens with two attached hydrogens (primary N) is 1. The van der Waals surface area contributed by atoms with Gasteiger partial charge in [0, 0.05) is 22.8 Å². The van der Waals surface area contributed by atoms with Crippen LogP contribution in [0.1, 0.15) is 11.3 Å². The van der Waals surface area contributed by atoms with E-state index in [1.165, 1.54) is 0 Å². The second-order valence-corrected chi connectivity index (χ2v) is 5.00. The third-order valence-corrected chi connectivity index (χ3v) is 3.41. The normalized spacial score (nSPS) is 10.7. The molecular formula is C17H15N3O. The van der Waals surface area contributed by atoms with Crippen molar-refractivity contribution in [2.45, 2.75) is 13.3 Å². The molecule has 0 bridgehead atoms. The van der Waals surface area contributed by atoms with E-state index in [1.54, 1.807) is 6.20 Å². The predicted octanol–water partition coefficient (Wildman–Crippen LogP) is 2.63. The van der Waals surface area contributed by atoms with Crippen molar-refractivity contribution in [3.63, 3.8) is 0 Å². The highest BCUT2D eigenvalue weighted by molar-refractivity contribution is 5.84. The van der Waals surface area contributed by atoms with E-state index in [2.05, 4.69) is 9.97 Å². The van der Waals surface area contributed by atoms with E-state index in [0.717, 1.165) is 33.4 Å². The molecule has 0 aliphatic heterocycles. The van der Waals surface area contributed by atoms with Gasteiger partial charge in [-0.05, 0) is 42.8 Å². The van der Waals surface area contributed by atoms with Crippen LogP contribution in [-0.2, 0) is 11.2 Å². The monoisotopic (exact) mass is 277 g/mol. The molecule has 104 valence electrons. The second kappa shape index (κ2) is 5.32. The van der Waals surface area contributed by atoms with Gasteiger partial charge in [-0.3, -0.25) is 9.78 Å². The first-order valence-corrected chi connectivity index (χ1v) is 6.73. The Labute approximate surface area is 122 Å². The summed E-state index contributed by atoms with van der Waals surface area (Å²) in [6, 6.07) is 13.7. The van der Waals surface area contributed by atoms with Crippen LogP contribution in [0.4, 0.5) is 0 Å². The molecule has 0 unspecified atom stereocenters. The van der Waals surface area contributed by atoms with Gasteiger partial charge in [0.1, 0.15) is 0 Å². The van der Waals surface area contributed by atoms with Crippen LogP contribution in [0.5, 0.6) is 0 Å². The first kappa shape index (κ1) is 13.2. The maximum atomic E-state index is 11.0. The maximum absolute atomic E-state index is 11.0. The fourth-order valence-corrected chi connectivity index (χ4v) is 2.39. The number of fused-ring (bicyclic) bond motifs is 1. The number of aromatic nitrogens is 2. The summed E-state index contributed by atoms with van der Waals surface area (Å²) in [5.74, 6) is -0.329. The molecule has 2 heterocycles. The number of hydrogen-bond donors (Lipinski definition) is 1. The second-order valence-electron chi connectivity index (χ2n) is 5.00. The predicted molar refractivity (Wildman–Crippen MR) is 82.6 cm³/mol. The highest BCUT2D eigenvalue weighted by atomic mass is 16.1. The molecule has 2 N–H and O–H groups in total. The van der Waals surface area contributed by atoms with Crippen LogP contribution in [0.15, 0.2) is 48.7 Å². The number of pyridine rings is 2. The van der Waals surface area contributed by atoms with Crippen molar-refractivity contribution in [3.05, 3.63) is 59.9 Å². The van der Waals surface area contributed by atoms with Crippen LogP contribution in [0, 0.1) is 6.92 Å². The van der Waals surface area contributed by atoms with Crippen LogP contribution in [0.3, 0.4) is 0 Å². The number of rotatable bonds is 3. The minimum absolute atomic E-state index is 0.249. The molecule has 0 aliphatic rings. The largest absolute Gasteiger partial charge is 0.369 e. The van der Waals surface area contributed by atoms with Crippen molar-refractivity contribution in [2.24, 2.45) is 5.73 Å². The Kier molecular flexibility index (Phi) is 3.36. The standard InChI is InChI=1S/C17H15N3O/c1-11-14(3-2-8-19-11)16-7-5-13-9-12(10-17(18)21)4-6-15(13)20-16/h2-9H,10H2,1H3,(H2,18,21). The van der Waals surface area contributed by atoms with Crippen molar-refractivity contribution in [2.75, 3.05) is 0 Å². The zero-order valence-electron chi connectivity index (χ0n) is 11.7. The quantitative estimate of drug-likeness (QED) is 0.800. The highest BCUT2D eigenvalue weighted by Crippen LogP contribution is 2.23. The third-order valence-electron chi connectivity index (χ3n) is 3.41. The number of primary amides is 1. The number of hydrogen-bond acceptors (Lipinski definition) is 3. The zero-order chi connectivity index (χ0) is 14.8. The third kappa shape index (κ3) is 2.74. The van der Waals surface area contributed by atoms with Crippen LogP contribution in [0.2, 0.25) is 0 Å². The number of carbonyl (C=O) groups excluding carboxylic acids is 1. The maximum Gasteiger partial charge on any atom is 0.221 e. The van der Waals surface area contributed by atoms with Crippen molar-refractivity contribution in [1.82, 2.24) is 9.97 Å². The molecule has 1 amide bonds. The summed E-state index contributed by atoms with van der Waals surface area (Å²) in [5.41, 5.74) is 9.90. The summed E-state index contributed by atoms with van der Waals surface area (Å²) in [5, 5.41) is 0.999. The van der Waals surface area contributed by atoms with Crippen LogP contribution >= 0.6 is 0 Å². The van der Waals surface area contributed by atoms with Gasteiger partial charge in [-0.1, -0.05) is 12.1 Å². The molecule has 0 saturated heterocycles. The average Bonchev–Trinajstić information content (AvgIpc) is 2.47. The lowest BCUT2D eigenvalue weighted by molar-refractivity contribution is -0.117.